The van der Waals surface area contributed by atoms with Crippen LogP contribution in [-0.2, 0) is 6.61 Å². The van der Waals surface area contributed by atoms with Gasteiger partial charge >= 0.3 is 0 Å². The van der Waals surface area contributed by atoms with Crippen molar-refractivity contribution >= 4 is 17.3 Å². The minimum Gasteiger partial charge on any atom is -0.489 e. The van der Waals surface area contributed by atoms with Gasteiger partial charge in [-0.15, -0.1) is 0 Å². The molecule has 1 N–H and O–H groups in total. The van der Waals surface area contributed by atoms with E-state index in [0.29, 0.717) is 12.2 Å². The van der Waals surface area contributed by atoms with Gasteiger partial charge in [-0.2, -0.15) is 0 Å². The lowest BCUT2D eigenvalue weighted by Crippen LogP contribution is -2.14. The minimum atomic E-state index is -0.133. The lowest BCUT2D eigenvalue weighted by Gasteiger charge is -2.13. The minimum absolute atomic E-state index is 0.133. The predicted octanol–water partition coefficient (Wildman–Crippen LogP) is 4.58. The Bertz CT molecular complexity index is 859. The van der Waals surface area contributed by atoms with E-state index < -0.39 is 0 Å². The van der Waals surface area contributed by atoms with Crippen molar-refractivity contribution < 1.29 is 9.53 Å². The number of carbonyl (C=O) groups excluding carboxylic acids is 1. The summed E-state index contributed by atoms with van der Waals surface area (Å²) in [5.41, 5.74) is 3.46. The molecule has 4 heteroatoms. The number of nitrogens with zero attached hydrogens (tertiary/aromatic N) is 1. The molecular formula is C22H22N2O2. The van der Waals surface area contributed by atoms with Gasteiger partial charge in [-0.3, -0.25) is 4.79 Å². The summed E-state index contributed by atoms with van der Waals surface area (Å²) in [6, 6.07) is 24.9. The maximum atomic E-state index is 12.4. The molecule has 3 aromatic carbocycles. The summed E-state index contributed by atoms with van der Waals surface area (Å²) < 4.78 is 5.76. The van der Waals surface area contributed by atoms with Crippen molar-refractivity contribution in [2.24, 2.45) is 0 Å². The largest absolute Gasteiger partial charge is 0.489 e. The topological polar surface area (TPSA) is 41.6 Å². The Morgan fingerprint density at radius 1 is 0.923 bits per heavy atom. The van der Waals surface area contributed by atoms with Crippen LogP contribution in [0, 0.1) is 0 Å². The van der Waals surface area contributed by atoms with E-state index >= 15 is 0 Å². The molecule has 26 heavy (non-hydrogen) atoms. The van der Waals surface area contributed by atoms with E-state index in [1.807, 2.05) is 91.8 Å². The van der Waals surface area contributed by atoms with Crippen molar-refractivity contribution in [1.29, 1.82) is 0 Å². The summed E-state index contributed by atoms with van der Waals surface area (Å²) in [4.78, 5) is 14.4. The van der Waals surface area contributed by atoms with Crippen LogP contribution in [0.1, 0.15) is 15.9 Å². The first-order valence-electron chi connectivity index (χ1n) is 8.47. The first kappa shape index (κ1) is 17.5. The van der Waals surface area contributed by atoms with E-state index in [4.69, 9.17) is 4.74 Å². The SMILES string of the molecule is CN(C)c1cccc(C(=O)Nc2ccc(OCc3ccccc3)cc2)c1. The van der Waals surface area contributed by atoms with Crippen molar-refractivity contribution in [3.8, 4) is 5.75 Å². The van der Waals surface area contributed by atoms with Gasteiger partial charge in [-0.1, -0.05) is 36.4 Å². The van der Waals surface area contributed by atoms with Crippen molar-refractivity contribution in [1.82, 2.24) is 0 Å². The third-order valence-corrected chi connectivity index (χ3v) is 3.99. The Hall–Kier alpha value is -3.27. The van der Waals surface area contributed by atoms with Gasteiger partial charge in [0.25, 0.3) is 5.91 Å². The molecule has 0 saturated heterocycles. The molecule has 3 aromatic rings. The van der Waals surface area contributed by atoms with E-state index in [2.05, 4.69) is 5.32 Å². The Balaban J connectivity index is 1.60. The lowest BCUT2D eigenvalue weighted by molar-refractivity contribution is 0.102. The van der Waals surface area contributed by atoms with Crippen LogP contribution < -0.4 is 15.0 Å². The molecule has 0 aliphatic carbocycles. The molecule has 0 unspecified atom stereocenters. The Morgan fingerprint density at radius 2 is 1.65 bits per heavy atom. The number of carbonyl (C=O) groups is 1. The monoisotopic (exact) mass is 346 g/mol. The first-order chi connectivity index (χ1) is 12.6. The zero-order chi connectivity index (χ0) is 18.4. The fourth-order valence-electron chi connectivity index (χ4n) is 2.50. The third-order valence-electron chi connectivity index (χ3n) is 3.99. The number of hydrogen-bond donors (Lipinski definition) is 1. The van der Waals surface area contributed by atoms with E-state index in [1.165, 1.54) is 0 Å². The normalized spacial score (nSPS) is 10.2. The van der Waals surface area contributed by atoms with Crippen LogP contribution in [0.3, 0.4) is 0 Å². The van der Waals surface area contributed by atoms with E-state index in [9.17, 15) is 4.79 Å². The first-order valence-corrected chi connectivity index (χ1v) is 8.47. The number of ether oxygens (including phenoxy) is 1. The van der Waals surface area contributed by atoms with Crippen molar-refractivity contribution in [2.45, 2.75) is 6.61 Å². The number of nitrogens with one attached hydrogen (secondary N) is 1. The van der Waals surface area contributed by atoms with E-state index in [-0.39, 0.29) is 5.91 Å². The van der Waals surface area contributed by atoms with Crippen LogP contribution in [0.25, 0.3) is 0 Å². The van der Waals surface area contributed by atoms with E-state index in [0.717, 1.165) is 22.7 Å². The van der Waals surface area contributed by atoms with Crippen LogP contribution in [0.15, 0.2) is 78.9 Å². The number of rotatable bonds is 6. The zero-order valence-electron chi connectivity index (χ0n) is 15.0. The smallest absolute Gasteiger partial charge is 0.255 e. The molecule has 0 radical (unpaired) electrons. The number of amides is 1. The summed E-state index contributed by atoms with van der Waals surface area (Å²) in [6.07, 6.45) is 0. The highest BCUT2D eigenvalue weighted by Gasteiger charge is 2.08. The van der Waals surface area contributed by atoms with Gasteiger partial charge in [-0.25, -0.2) is 0 Å². The third kappa shape index (κ3) is 4.63. The average Bonchev–Trinajstić information content (AvgIpc) is 2.68. The van der Waals surface area contributed by atoms with Gasteiger partial charge in [0, 0.05) is 31.0 Å². The highest BCUT2D eigenvalue weighted by Crippen LogP contribution is 2.19. The standard InChI is InChI=1S/C22H22N2O2/c1-24(2)20-10-6-9-18(15-20)22(25)23-19-11-13-21(14-12-19)26-16-17-7-4-3-5-8-17/h3-15H,16H2,1-2H3,(H,23,25). The average molecular weight is 346 g/mol. The molecule has 1 amide bonds. The molecule has 0 atom stereocenters. The van der Waals surface area contributed by atoms with Gasteiger partial charge < -0.3 is 15.0 Å². The zero-order valence-corrected chi connectivity index (χ0v) is 15.0. The lowest BCUT2D eigenvalue weighted by atomic mass is 10.1. The summed E-state index contributed by atoms with van der Waals surface area (Å²) >= 11 is 0. The summed E-state index contributed by atoms with van der Waals surface area (Å²) in [7, 11) is 3.90. The molecule has 0 spiro atoms. The number of hydrogen-bond acceptors (Lipinski definition) is 3. The van der Waals surface area contributed by atoms with Crippen LogP contribution in [-0.4, -0.2) is 20.0 Å². The molecule has 0 aliphatic heterocycles. The molecular weight excluding hydrogens is 324 g/mol. The van der Waals surface area contributed by atoms with Gasteiger partial charge in [0.05, 0.1) is 0 Å². The second-order valence-corrected chi connectivity index (χ2v) is 6.20. The van der Waals surface area contributed by atoms with Crippen molar-refractivity contribution in [3.05, 3.63) is 90.0 Å². The molecule has 0 bridgehead atoms. The summed E-state index contributed by atoms with van der Waals surface area (Å²) in [6.45, 7) is 0.518. The maximum Gasteiger partial charge on any atom is 0.255 e. The Labute approximate surface area is 154 Å². The van der Waals surface area contributed by atoms with Gasteiger partial charge in [0.1, 0.15) is 12.4 Å². The van der Waals surface area contributed by atoms with Crippen LogP contribution >= 0.6 is 0 Å². The molecule has 0 saturated carbocycles. The molecule has 0 aromatic heterocycles. The number of benzene rings is 3. The summed E-state index contributed by atoms with van der Waals surface area (Å²) in [5.74, 6) is 0.633. The molecule has 0 heterocycles. The Kier molecular flexibility index (Phi) is 5.54. The molecule has 3 rings (SSSR count). The van der Waals surface area contributed by atoms with Crippen molar-refractivity contribution in [3.63, 3.8) is 0 Å². The van der Waals surface area contributed by atoms with Crippen LogP contribution in [0.2, 0.25) is 0 Å². The molecule has 0 fully saturated rings. The fraction of sp³-hybridized carbons (Fsp3) is 0.136. The van der Waals surface area contributed by atoms with E-state index in [1.54, 1.807) is 6.07 Å². The van der Waals surface area contributed by atoms with Gasteiger partial charge in [0.15, 0.2) is 0 Å². The van der Waals surface area contributed by atoms with Crippen molar-refractivity contribution in [2.75, 3.05) is 24.3 Å². The fourth-order valence-corrected chi connectivity index (χ4v) is 2.50. The Morgan fingerprint density at radius 3 is 2.35 bits per heavy atom. The quantitative estimate of drug-likeness (QED) is 0.710. The molecule has 4 nitrogen and oxygen atoms in total. The van der Waals surface area contributed by atoms with Gasteiger partial charge in [0.2, 0.25) is 0 Å². The maximum absolute atomic E-state index is 12.4. The number of anilines is 2. The second-order valence-electron chi connectivity index (χ2n) is 6.20. The second kappa shape index (κ2) is 8.21. The molecule has 132 valence electrons. The molecule has 0 aliphatic rings. The highest BCUT2D eigenvalue weighted by atomic mass is 16.5. The van der Waals surface area contributed by atoms with Gasteiger partial charge in [-0.05, 0) is 48.0 Å². The van der Waals surface area contributed by atoms with Crippen LogP contribution in [0.4, 0.5) is 11.4 Å². The summed E-state index contributed by atoms with van der Waals surface area (Å²) in [5, 5.41) is 2.91. The predicted molar refractivity (Wildman–Crippen MR) is 106 cm³/mol. The van der Waals surface area contributed by atoms with Crippen LogP contribution in [0.5, 0.6) is 5.75 Å². The highest BCUT2D eigenvalue weighted by molar-refractivity contribution is 6.04.